The van der Waals surface area contributed by atoms with Gasteiger partial charge >= 0.3 is 0 Å². The lowest BCUT2D eigenvalue weighted by molar-refractivity contribution is -0.140. The molecule has 9 heteroatoms. The molecule has 0 bridgehead atoms. The number of hydrogen-bond donors (Lipinski definition) is 1. The van der Waals surface area contributed by atoms with Gasteiger partial charge in [0.25, 0.3) is 0 Å². The summed E-state index contributed by atoms with van der Waals surface area (Å²) in [7, 11) is -3.77. The normalized spacial score (nSPS) is 13.1. The van der Waals surface area contributed by atoms with E-state index in [0.29, 0.717) is 23.6 Å². The molecular weight excluding hydrogens is 486 g/mol. The molecule has 0 fully saturated rings. The van der Waals surface area contributed by atoms with Crippen LogP contribution in [0.2, 0.25) is 5.02 Å². The number of amides is 2. The number of aryl methyl sites for hydroxylation is 1. The van der Waals surface area contributed by atoms with Crippen LogP contribution in [0.1, 0.15) is 51.7 Å². The molecule has 192 valence electrons. The van der Waals surface area contributed by atoms with Crippen molar-refractivity contribution in [2.24, 2.45) is 0 Å². The third-order valence-corrected chi connectivity index (χ3v) is 7.35. The van der Waals surface area contributed by atoms with Crippen molar-refractivity contribution in [2.45, 2.75) is 65.6 Å². The highest BCUT2D eigenvalue weighted by Gasteiger charge is 2.32. The van der Waals surface area contributed by atoms with Gasteiger partial charge in [0.1, 0.15) is 12.6 Å². The van der Waals surface area contributed by atoms with Crippen molar-refractivity contribution in [1.82, 2.24) is 10.2 Å². The second-order valence-electron chi connectivity index (χ2n) is 8.64. The Hall–Kier alpha value is -2.58. The van der Waals surface area contributed by atoms with Crippen LogP contribution >= 0.6 is 11.6 Å². The van der Waals surface area contributed by atoms with E-state index in [1.165, 1.54) is 4.90 Å². The number of hydrogen-bond acceptors (Lipinski definition) is 4. The lowest BCUT2D eigenvalue weighted by Crippen LogP contribution is -2.53. The van der Waals surface area contributed by atoms with Gasteiger partial charge in [-0.3, -0.25) is 13.9 Å². The van der Waals surface area contributed by atoms with Gasteiger partial charge in [-0.05, 0) is 55.5 Å². The molecule has 0 aliphatic rings. The molecule has 2 amide bonds. The van der Waals surface area contributed by atoms with Gasteiger partial charge in [0, 0.05) is 17.6 Å². The van der Waals surface area contributed by atoms with Crippen LogP contribution in [0.4, 0.5) is 5.69 Å². The molecule has 0 heterocycles. The summed E-state index contributed by atoms with van der Waals surface area (Å²) in [5, 5.41) is 3.52. The van der Waals surface area contributed by atoms with Crippen molar-refractivity contribution < 1.29 is 18.0 Å². The standard InChI is InChI=1S/C26H36ClN3O4S/c1-6-19(4)28-26(32)23(8-3)29(17-20-13-15-22(27)16-14-20)25(31)18-30(35(5,33)34)24-12-10-9-11-21(24)7-2/h9-16,19,23H,6-8,17-18H2,1-5H3,(H,28,32)/t19-,23+/m0/s1. The number of carbonyl (C=O) groups excluding carboxylic acids is 2. The minimum Gasteiger partial charge on any atom is -0.352 e. The van der Waals surface area contributed by atoms with Gasteiger partial charge in [0.05, 0.1) is 11.9 Å². The molecule has 0 aromatic heterocycles. The van der Waals surface area contributed by atoms with Crippen LogP contribution in [0.25, 0.3) is 0 Å². The van der Waals surface area contributed by atoms with Crippen LogP contribution in [0.5, 0.6) is 0 Å². The maximum absolute atomic E-state index is 13.7. The van der Waals surface area contributed by atoms with Crippen LogP contribution in [-0.2, 0) is 32.6 Å². The zero-order valence-corrected chi connectivity index (χ0v) is 22.7. The van der Waals surface area contributed by atoms with Gasteiger partial charge in [-0.2, -0.15) is 0 Å². The minimum atomic E-state index is -3.77. The lowest BCUT2D eigenvalue weighted by atomic mass is 10.1. The number of benzene rings is 2. The first-order valence-corrected chi connectivity index (χ1v) is 14.1. The van der Waals surface area contributed by atoms with E-state index in [9.17, 15) is 18.0 Å². The second kappa shape index (κ2) is 12.9. The summed E-state index contributed by atoms with van der Waals surface area (Å²) in [6, 6.07) is 13.4. The van der Waals surface area contributed by atoms with Gasteiger partial charge in [-0.1, -0.05) is 62.7 Å². The minimum absolute atomic E-state index is 0.0482. The zero-order valence-electron chi connectivity index (χ0n) is 21.1. The molecule has 2 aromatic rings. The average Bonchev–Trinajstić information content (AvgIpc) is 2.82. The molecule has 0 aliphatic carbocycles. The third-order valence-electron chi connectivity index (χ3n) is 5.97. The molecule has 7 nitrogen and oxygen atoms in total. The van der Waals surface area contributed by atoms with Crippen molar-refractivity contribution in [3.63, 3.8) is 0 Å². The summed E-state index contributed by atoms with van der Waals surface area (Å²) in [5.41, 5.74) is 2.07. The Balaban J connectivity index is 2.46. The van der Waals surface area contributed by atoms with Gasteiger partial charge in [0.15, 0.2) is 0 Å². The SMILES string of the molecule is CCc1ccccc1N(CC(=O)N(Cc1ccc(Cl)cc1)[C@H](CC)C(=O)N[C@@H](C)CC)S(C)(=O)=O. The molecule has 1 N–H and O–H groups in total. The number of nitrogens with zero attached hydrogens (tertiary/aromatic N) is 2. The van der Waals surface area contributed by atoms with Crippen molar-refractivity contribution in [2.75, 3.05) is 17.1 Å². The number of para-hydroxylation sites is 1. The first-order valence-electron chi connectivity index (χ1n) is 11.9. The number of sulfonamides is 1. The number of carbonyl (C=O) groups is 2. The molecule has 2 atom stereocenters. The Morgan fingerprint density at radius 3 is 2.17 bits per heavy atom. The maximum Gasteiger partial charge on any atom is 0.244 e. The summed E-state index contributed by atoms with van der Waals surface area (Å²) >= 11 is 6.02. The first-order chi connectivity index (χ1) is 16.5. The molecule has 2 aromatic carbocycles. The molecule has 0 spiro atoms. The van der Waals surface area contributed by atoms with E-state index in [1.54, 1.807) is 36.4 Å². The zero-order chi connectivity index (χ0) is 26.2. The molecule has 0 radical (unpaired) electrons. The van der Waals surface area contributed by atoms with E-state index in [1.807, 2.05) is 39.8 Å². The number of nitrogens with one attached hydrogen (secondary N) is 1. The summed E-state index contributed by atoms with van der Waals surface area (Å²) in [4.78, 5) is 28.3. The fourth-order valence-electron chi connectivity index (χ4n) is 3.79. The molecule has 0 aliphatic heterocycles. The summed E-state index contributed by atoms with van der Waals surface area (Å²) in [6.07, 6.45) is 2.83. The predicted molar refractivity (Wildman–Crippen MR) is 142 cm³/mol. The molecule has 0 saturated carbocycles. The van der Waals surface area contributed by atoms with Gasteiger partial charge in [-0.15, -0.1) is 0 Å². The second-order valence-corrected chi connectivity index (χ2v) is 11.0. The summed E-state index contributed by atoms with van der Waals surface area (Å²) < 4.78 is 26.7. The number of halogens is 1. The van der Waals surface area contributed by atoms with E-state index in [2.05, 4.69) is 5.32 Å². The third kappa shape index (κ3) is 7.97. The van der Waals surface area contributed by atoms with Crippen LogP contribution in [0.15, 0.2) is 48.5 Å². The van der Waals surface area contributed by atoms with Crippen molar-refractivity contribution in [1.29, 1.82) is 0 Å². The van der Waals surface area contributed by atoms with E-state index < -0.39 is 28.5 Å². The van der Waals surface area contributed by atoms with Gasteiger partial charge in [-0.25, -0.2) is 8.42 Å². The van der Waals surface area contributed by atoms with Crippen molar-refractivity contribution >= 4 is 39.1 Å². The number of anilines is 1. The average molecular weight is 522 g/mol. The Morgan fingerprint density at radius 2 is 1.63 bits per heavy atom. The highest BCUT2D eigenvalue weighted by Crippen LogP contribution is 2.24. The largest absolute Gasteiger partial charge is 0.352 e. The lowest BCUT2D eigenvalue weighted by Gasteiger charge is -2.33. The highest BCUT2D eigenvalue weighted by atomic mass is 35.5. The van der Waals surface area contributed by atoms with E-state index >= 15 is 0 Å². The van der Waals surface area contributed by atoms with Crippen molar-refractivity contribution in [3.05, 3.63) is 64.7 Å². The van der Waals surface area contributed by atoms with Gasteiger partial charge in [0.2, 0.25) is 21.8 Å². The summed E-state index contributed by atoms with van der Waals surface area (Å²) in [6.45, 7) is 7.39. The highest BCUT2D eigenvalue weighted by molar-refractivity contribution is 7.92. The first kappa shape index (κ1) is 28.7. The quantitative estimate of drug-likeness (QED) is 0.448. The summed E-state index contributed by atoms with van der Waals surface area (Å²) in [5.74, 6) is -0.716. The topological polar surface area (TPSA) is 86.8 Å². The Morgan fingerprint density at radius 1 is 1.00 bits per heavy atom. The fourth-order valence-corrected chi connectivity index (χ4v) is 4.80. The molecule has 35 heavy (non-hydrogen) atoms. The van der Waals surface area contributed by atoms with E-state index in [4.69, 9.17) is 11.6 Å². The smallest absolute Gasteiger partial charge is 0.244 e. The van der Waals surface area contributed by atoms with Crippen molar-refractivity contribution in [3.8, 4) is 0 Å². The molecular formula is C26H36ClN3O4S. The number of rotatable bonds is 12. The molecule has 2 rings (SSSR count). The predicted octanol–water partition coefficient (Wildman–Crippen LogP) is 4.39. The fraction of sp³-hybridized carbons (Fsp3) is 0.462. The Kier molecular flexibility index (Phi) is 10.6. The van der Waals surface area contributed by atoms with E-state index in [0.717, 1.165) is 28.1 Å². The molecule has 0 saturated heterocycles. The van der Waals surface area contributed by atoms with Crippen LogP contribution in [-0.4, -0.2) is 50.0 Å². The molecule has 0 unspecified atom stereocenters. The van der Waals surface area contributed by atoms with Gasteiger partial charge < -0.3 is 10.2 Å². The Bertz CT molecular complexity index is 1110. The van der Waals surface area contributed by atoms with Crippen LogP contribution < -0.4 is 9.62 Å². The van der Waals surface area contributed by atoms with Crippen LogP contribution in [0, 0.1) is 0 Å². The van der Waals surface area contributed by atoms with E-state index in [-0.39, 0.29) is 18.5 Å². The monoisotopic (exact) mass is 521 g/mol. The Labute approximate surface area is 214 Å². The maximum atomic E-state index is 13.7. The van der Waals surface area contributed by atoms with Crippen LogP contribution in [0.3, 0.4) is 0 Å².